The maximum atomic E-state index is 5.95. The third-order valence-electron chi connectivity index (χ3n) is 7.40. The van der Waals surface area contributed by atoms with Crippen LogP contribution in [0.1, 0.15) is 56.1 Å². The highest BCUT2D eigenvalue weighted by atomic mass is 16.5. The molecule has 3 aliphatic carbocycles. The minimum Gasteiger partial charge on any atom is -0.497 e. The third-order valence-corrected chi connectivity index (χ3v) is 7.40. The van der Waals surface area contributed by atoms with Gasteiger partial charge in [-0.2, -0.15) is 0 Å². The van der Waals surface area contributed by atoms with Gasteiger partial charge in [0.2, 0.25) is 0 Å². The number of ether oxygens (including phenoxy) is 2. The Labute approximate surface area is 159 Å². The molecular formula is C24H34O2. The summed E-state index contributed by atoms with van der Waals surface area (Å²) in [5.41, 5.74) is 3.10. The Morgan fingerprint density at radius 1 is 0.962 bits per heavy atom. The first-order chi connectivity index (χ1) is 12.8. The summed E-state index contributed by atoms with van der Waals surface area (Å²) >= 11 is 0. The van der Waals surface area contributed by atoms with E-state index in [1.165, 1.54) is 63.4 Å². The van der Waals surface area contributed by atoms with Gasteiger partial charge in [-0.1, -0.05) is 12.1 Å². The van der Waals surface area contributed by atoms with Gasteiger partial charge in [0.15, 0.2) is 0 Å². The van der Waals surface area contributed by atoms with Crippen molar-refractivity contribution in [2.75, 3.05) is 13.7 Å². The Kier molecular flexibility index (Phi) is 5.69. The Hall–Kier alpha value is -1.28. The zero-order valence-corrected chi connectivity index (χ0v) is 16.3. The number of hydrogen-bond donors (Lipinski definition) is 0. The molecule has 0 amide bonds. The van der Waals surface area contributed by atoms with E-state index in [4.69, 9.17) is 9.47 Å². The van der Waals surface area contributed by atoms with Gasteiger partial charge in [0, 0.05) is 0 Å². The maximum absolute atomic E-state index is 5.95. The predicted molar refractivity (Wildman–Crippen MR) is 107 cm³/mol. The number of methoxy groups -OCH3 is 1. The monoisotopic (exact) mass is 354 g/mol. The van der Waals surface area contributed by atoms with Crippen molar-refractivity contribution in [2.24, 2.45) is 23.7 Å². The lowest BCUT2D eigenvalue weighted by atomic mass is 9.62. The van der Waals surface area contributed by atoms with E-state index in [2.05, 4.69) is 24.8 Å². The highest BCUT2D eigenvalue weighted by Gasteiger charge is 2.38. The maximum Gasteiger partial charge on any atom is 0.119 e. The van der Waals surface area contributed by atoms with E-state index in [-0.39, 0.29) is 0 Å². The summed E-state index contributed by atoms with van der Waals surface area (Å²) in [5, 5.41) is 0. The second-order valence-electron chi connectivity index (χ2n) is 8.79. The number of aryl methyl sites for hydroxylation is 1. The van der Waals surface area contributed by atoms with Gasteiger partial charge < -0.3 is 9.47 Å². The smallest absolute Gasteiger partial charge is 0.119 e. The molecule has 5 atom stereocenters. The number of rotatable bonds is 5. The van der Waals surface area contributed by atoms with Gasteiger partial charge in [-0.05, 0) is 105 Å². The summed E-state index contributed by atoms with van der Waals surface area (Å²) in [6.45, 7) is 4.50. The zero-order valence-electron chi connectivity index (χ0n) is 16.3. The van der Waals surface area contributed by atoms with Crippen LogP contribution in [0.5, 0.6) is 5.75 Å². The van der Waals surface area contributed by atoms with Crippen LogP contribution in [0.2, 0.25) is 0 Å². The lowest BCUT2D eigenvalue weighted by molar-refractivity contribution is -0.0137. The van der Waals surface area contributed by atoms with Crippen LogP contribution >= 0.6 is 0 Å². The topological polar surface area (TPSA) is 18.5 Å². The van der Waals surface area contributed by atoms with Crippen LogP contribution in [0, 0.1) is 23.7 Å². The van der Waals surface area contributed by atoms with E-state index >= 15 is 0 Å². The molecule has 1 aromatic rings. The van der Waals surface area contributed by atoms with E-state index in [1.54, 1.807) is 12.7 Å². The largest absolute Gasteiger partial charge is 0.497 e. The van der Waals surface area contributed by atoms with Crippen molar-refractivity contribution in [3.63, 3.8) is 0 Å². The fraction of sp³-hybridized carbons (Fsp3) is 0.667. The van der Waals surface area contributed by atoms with Crippen LogP contribution in [0.25, 0.3) is 0 Å². The zero-order chi connectivity index (χ0) is 17.9. The average molecular weight is 355 g/mol. The quantitative estimate of drug-likeness (QED) is 0.642. The molecule has 0 heterocycles. The van der Waals surface area contributed by atoms with Crippen LogP contribution < -0.4 is 4.74 Å². The van der Waals surface area contributed by atoms with Crippen molar-refractivity contribution in [1.29, 1.82) is 0 Å². The molecule has 2 nitrogen and oxygen atoms in total. The molecule has 0 radical (unpaired) electrons. The molecule has 0 N–H and O–H groups in total. The van der Waals surface area contributed by atoms with Crippen LogP contribution in [0.3, 0.4) is 0 Å². The van der Waals surface area contributed by atoms with Crippen LogP contribution in [-0.4, -0.2) is 19.8 Å². The molecule has 0 aliphatic heterocycles. The van der Waals surface area contributed by atoms with Gasteiger partial charge in [0.25, 0.3) is 0 Å². The van der Waals surface area contributed by atoms with Gasteiger partial charge in [-0.25, -0.2) is 0 Å². The summed E-state index contributed by atoms with van der Waals surface area (Å²) in [7, 11) is 1.77. The Morgan fingerprint density at radius 2 is 1.73 bits per heavy atom. The van der Waals surface area contributed by atoms with Gasteiger partial charge >= 0.3 is 0 Å². The SMILES string of the molecule is C=CCO[C@@H]1CC[C@@H]2CC(C3CCc4cc(OC)ccc4C3)CCC2C1. The van der Waals surface area contributed by atoms with Crippen LogP contribution in [0.15, 0.2) is 30.9 Å². The molecule has 142 valence electrons. The van der Waals surface area contributed by atoms with Crippen LogP contribution in [-0.2, 0) is 17.6 Å². The molecule has 2 heteroatoms. The molecular weight excluding hydrogens is 320 g/mol. The fourth-order valence-electron chi connectivity index (χ4n) is 5.95. The summed E-state index contributed by atoms with van der Waals surface area (Å²) in [5.74, 6) is 4.71. The van der Waals surface area contributed by atoms with E-state index in [1.807, 2.05) is 6.08 Å². The lowest BCUT2D eigenvalue weighted by Crippen LogP contribution is -2.37. The summed E-state index contributed by atoms with van der Waals surface area (Å²) < 4.78 is 11.4. The molecule has 26 heavy (non-hydrogen) atoms. The van der Waals surface area contributed by atoms with E-state index in [0.29, 0.717) is 6.10 Å². The molecule has 0 saturated heterocycles. The van der Waals surface area contributed by atoms with Gasteiger partial charge in [-0.3, -0.25) is 0 Å². The van der Waals surface area contributed by atoms with Crippen molar-refractivity contribution in [3.05, 3.63) is 42.0 Å². The summed E-state index contributed by atoms with van der Waals surface area (Å²) in [6, 6.07) is 6.71. The van der Waals surface area contributed by atoms with E-state index in [9.17, 15) is 0 Å². The Morgan fingerprint density at radius 3 is 2.54 bits per heavy atom. The van der Waals surface area contributed by atoms with E-state index < -0.39 is 0 Å². The molecule has 4 rings (SSSR count). The molecule has 2 saturated carbocycles. The minimum atomic E-state index is 0.488. The van der Waals surface area contributed by atoms with Crippen molar-refractivity contribution >= 4 is 0 Å². The molecule has 0 bridgehead atoms. The molecule has 1 aromatic carbocycles. The van der Waals surface area contributed by atoms with Crippen molar-refractivity contribution in [3.8, 4) is 5.75 Å². The molecule has 0 spiro atoms. The first-order valence-electron chi connectivity index (χ1n) is 10.6. The van der Waals surface area contributed by atoms with Crippen molar-refractivity contribution in [1.82, 2.24) is 0 Å². The molecule has 3 aliphatic rings. The summed E-state index contributed by atoms with van der Waals surface area (Å²) in [6.07, 6.45) is 14.5. The van der Waals surface area contributed by atoms with Gasteiger partial charge in [-0.15, -0.1) is 6.58 Å². The first-order valence-corrected chi connectivity index (χ1v) is 10.6. The summed E-state index contributed by atoms with van der Waals surface area (Å²) in [4.78, 5) is 0. The first kappa shape index (κ1) is 18.1. The van der Waals surface area contributed by atoms with Crippen molar-refractivity contribution < 1.29 is 9.47 Å². The Balaban J connectivity index is 1.34. The van der Waals surface area contributed by atoms with Crippen molar-refractivity contribution in [2.45, 2.75) is 63.9 Å². The molecule has 0 aromatic heterocycles. The van der Waals surface area contributed by atoms with Crippen LogP contribution in [0.4, 0.5) is 0 Å². The second-order valence-corrected chi connectivity index (χ2v) is 8.79. The highest BCUT2D eigenvalue weighted by Crippen LogP contribution is 2.47. The fourth-order valence-corrected chi connectivity index (χ4v) is 5.95. The molecule has 3 unspecified atom stereocenters. The van der Waals surface area contributed by atoms with Gasteiger partial charge in [0.1, 0.15) is 5.75 Å². The minimum absolute atomic E-state index is 0.488. The third kappa shape index (κ3) is 3.86. The number of fused-ring (bicyclic) bond motifs is 2. The van der Waals surface area contributed by atoms with Gasteiger partial charge in [0.05, 0.1) is 19.8 Å². The molecule has 2 fully saturated rings. The van der Waals surface area contributed by atoms with E-state index in [0.717, 1.165) is 36.0 Å². The average Bonchev–Trinajstić information content (AvgIpc) is 2.70. The number of benzene rings is 1. The lowest BCUT2D eigenvalue weighted by Gasteiger charge is -2.44. The second kappa shape index (κ2) is 8.17. The normalized spacial score (nSPS) is 33.8. The standard InChI is InChI=1S/C24H34O2/c1-3-12-26-24-11-9-20-14-18(5-7-22(20)16-24)17-4-6-21-15-23(25-2)10-8-19(21)13-17/h3,8,10,15,17-18,20,22,24H,1,4-7,9,11-14,16H2,2H3/t17?,18?,20-,22?,24-/m1/s1. The predicted octanol–water partition coefficient (Wildman–Crippen LogP) is 5.59. The Bertz CT molecular complexity index is 623. The number of hydrogen-bond acceptors (Lipinski definition) is 2. The highest BCUT2D eigenvalue weighted by molar-refractivity contribution is 5.37.